The van der Waals surface area contributed by atoms with E-state index in [1.54, 1.807) is 0 Å². The summed E-state index contributed by atoms with van der Waals surface area (Å²) in [6, 6.07) is 10.3. The first-order chi connectivity index (χ1) is 9.66. The fraction of sp³-hybridized carbons (Fsp3) is 0.588. The van der Waals surface area contributed by atoms with E-state index in [9.17, 15) is 4.79 Å². The van der Waals surface area contributed by atoms with Gasteiger partial charge in [-0.1, -0.05) is 30.3 Å². The van der Waals surface area contributed by atoms with Crippen molar-refractivity contribution in [1.82, 2.24) is 10.2 Å². The summed E-state index contributed by atoms with van der Waals surface area (Å²) < 4.78 is 0. The van der Waals surface area contributed by atoms with Crippen LogP contribution in [0.5, 0.6) is 0 Å². The van der Waals surface area contributed by atoms with Crippen molar-refractivity contribution in [2.45, 2.75) is 39.2 Å². The van der Waals surface area contributed by atoms with Gasteiger partial charge in [0.2, 0.25) is 5.91 Å². The Labute approximate surface area is 122 Å². The topological polar surface area (TPSA) is 32.3 Å². The van der Waals surface area contributed by atoms with Crippen LogP contribution in [-0.2, 0) is 11.2 Å². The molecule has 1 aromatic rings. The molecule has 20 heavy (non-hydrogen) atoms. The van der Waals surface area contributed by atoms with Crippen LogP contribution >= 0.6 is 0 Å². The van der Waals surface area contributed by atoms with E-state index in [2.05, 4.69) is 19.2 Å². The molecule has 1 unspecified atom stereocenters. The Balaban J connectivity index is 1.95. The van der Waals surface area contributed by atoms with Gasteiger partial charge in [0.25, 0.3) is 0 Å². The van der Waals surface area contributed by atoms with Gasteiger partial charge in [-0.25, -0.2) is 0 Å². The highest BCUT2D eigenvalue weighted by molar-refractivity contribution is 5.79. The molecule has 1 aliphatic rings. The summed E-state index contributed by atoms with van der Waals surface area (Å²) in [5, 5.41) is 3.43. The molecule has 0 saturated carbocycles. The van der Waals surface area contributed by atoms with Gasteiger partial charge in [0.05, 0.1) is 6.42 Å². The standard InChI is InChI=1S/C17H26N2O/c1-14(2)19(13-16-9-6-10-18-12-16)17(20)11-15-7-4-3-5-8-15/h3-5,7-8,14,16,18H,6,9-13H2,1-2H3. The molecule has 3 heteroatoms. The molecule has 1 aromatic carbocycles. The van der Waals surface area contributed by atoms with Gasteiger partial charge in [-0.15, -0.1) is 0 Å². The number of benzene rings is 1. The lowest BCUT2D eigenvalue weighted by Gasteiger charge is -2.33. The third-order valence-corrected chi connectivity index (χ3v) is 4.00. The van der Waals surface area contributed by atoms with Gasteiger partial charge < -0.3 is 10.2 Å². The van der Waals surface area contributed by atoms with Crippen LogP contribution in [0.3, 0.4) is 0 Å². The van der Waals surface area contributed by atoms with Gasteiger partial charge in [0.1, 0.15) is 0 Å². The van der Waals surface area contributed by atoms with E-state index in [4.69, 9.17) is 0 Å². The van der Waals surface area contributed by atoms with Crippen molar-refractivity contribution in [2.75, 3.05) is 19.6 Å². The SMILES string of the molecule is CC(C)N(CC1CCCNC1)C(=O)Cc1ccccc1. The monoisotopic (exact) mass is 274 g/mol. The van der Waals surface area contributed by atoms with Crippen molar-refractivity contribution in [3.8, 4) is 0 Å². The van der Waals surface area contributed by atoms with Crippen molar-refractivity contribution >= 4 is 5.91 Å². The minimum absolute atomic E-state index is 0.247. The normalized spacial score (nSPS) is 19.1. The molecule has 0 aromatic heterocycles. The number of amides is 1. The van der Waals surface area contributed by atoms with Crippen molar-refractivity contribution in [3.63, 3.8) is 0 Å². The zero-order chi connectivity index (χ0) is 14.4. The lowest BCUT2D eigenvalue weighted by Crippen LogP contribution is -2.44. The highest BCUT2D eigenvalue weighted by atomic mass is 16.2. The first kappa shape index (κ1) is 15.0. The number of carbonyl (C=O) groups is 1. The molecule has 3 nitrogen and oxygen atoms in total. The zero-order valence-electron chi connectivity index (χ0n) is 12.6. The van der Waals surface area contributed by atoms with Crippen LogP contribution in [0.25, 0.3) is 0 Å². The maximum atomic E-state index is 12.5. The van der Waals surface area contributed by atoms with Crippen molar-refractivity contribution in [2.24, 2.45) is 5.92 Å². The number of piperidine rings is 1. The molecular weight excluding hydrogens is 248 g/mol. The van der Waals surface area contributed by atoms with Crippen LogP contribution in [0.15, 0.2) is 30.3 Å². The van der Waals surface area contributed by atoms with Crippen LogP contribution in [0.2, 0.25) is 0 Å². The Bertz CT molecular complexity index is 410. The Hall–Kier alpha value is -1.35. The molecule has 1 heterocycles. The number of carbonyl (C=O) groups excluding carboxylic acids is 1. The number of nitrogens with one attached hydrogen (secondary N) is 1. The number of rotatable bonds is 5. The van der Waals surface area contributed by atoms with Crippen LogP contribution in [0.1, 0.15) is 32.3 Å². The lowest BCUT2D eigenvalue weighted by atomic mass is 9.98. The van der Waals surface area contributed by atoms with Crippen LogP contribution < -0.4 is 5.32 Å². The Morgan fingerprint density at radius 1 is 1.35 bits per heavy atom. The third-order valence-electron chi connectivity index (χ3n) is 4.00. The molecule has 0 spiro atoms. The molecule has 1 amide bonds. The smallest absolute Gasteiger partial charge is 0.227 e. The minimum atomic E-state index is 0.247. The summed E-state index contributed by atoms with van der Waals surface area (Å²) in [6.07, 6.45) is 2.97. The second kappa shape index (κ2) is 7.44. The molecular formula is C17H26N2O. The number of hydrogen-bond acceptors (Lipinski definition) is 2. The fourth-order valence-corrected chi connectivity index (χ4v) is 2.83. The molecule has 2 rings (SSSR count). The summed E-state index contributed by atoms with van der Waals surface area (Å²) in [5.74, 6) is 0.850. The second-order valence-electron chi connectivity index (χ2n) is 6.01. The maximum absolute atomic E-state index is 12.5. The van der Waals surface area contributed by atoms with E-state index in [0.717, 1.165) is 25.2 Å². The van der Waals surface area contributed by atoms with Gasteiger partial charge in [-0.2, -0.15) is 0 Å². The highest BCUT2D eigenvalue weighted by Gasteiger charge is 2.22. The van der Waals surface area contributed by atoms with Crippen LogP contribution in [-0.4, -0.2) is 36.5 Å². The van der Waals surface area contributed by atoms with E-state index in [-0.39, 0.29) is 11.9 Å². The van der Waals surface area contributed by atoms with E-state index in [1.165, 1.54) is 12.8 Å². The highest BCUT2D eigenvalue weighted by Crippen LogP contribution is 2.15. The average molecular weight is 274 g/mol. The van der Waals surface area contributed by atoms with Gasteiger partial charge in [0.15, 0.2) is 0 Å². The molecule has 1 fully saturated rings. The maximum Gasteiger partial charge on any atom is 0.227 e. The fourth-order valence-electron chi connectivity index (χ4n) is 2.83. The molecule has 1 N–H and O–H groups in total. The van der Waals surface area contributed by atoms with Crippen LogP contribution in [0, 0.1) is 5.92 Å². The zero-order valence-corrected chi connectivity index (χ0v) is 12.6. The number of nitrogens with zero attached hydrogens (tertiary/aromatic N) is 1. The van der Waals surface area contributed by atoms with Crippen molar-refractivity contribution < 1.29 is 4.79 Å². The van der Waals surface area contributed by atoms with Crippen molar-refractivity contribution in [3.05, 3.63) is 35.9 Å². The van der Waals surface area contributed by atoms with E-state index in [0.29, 0.717) is 12.3 Å². The van der Waals surface area contributed by atoms with E-state index >= 15 is 0 Å². The summed E-state index contributed by atoms with van der Waals surface area (Å²) in [6.45, 7) is 7.27. The predicted molar refractivity (Wildman–Crippen MR) is 82.6 cm³/mol. The largest absolute Gasteiger partial charge is 0.340 e. The van der Waals surface area contributed by atoms with Gasteiger partial charge in [-0.05, 0) is 51.3 Å². The Morgan fingerprint density at radius 2 is 2.10 bits per heavy atom. The van der Waals surface area contributed by atoms with Gasteiger partial charge >= 0.3 is 0 Å². The van der Waals surface area contributed by atoms with E-state index < -0.39 is 0 Å². The number of hydrogen-bond donors (Lipinski definition) is 1. The van der Waals surface area contributed by atoms with Gasteiger partial charge in [0, 0.05) is 12.6 Å². The lowest BCUT2D eigenvalue weighted by molar-refractivity contribution is -0.133. The van der Waals surface area contributed by atoms with Gasteiger partial charge in [-0.3, -0.25) is 4.79 Å². The summed E-state index contributed by atoms with van der Waals surface area (Å²) >= 11 is 0. The van der Waals surface area contributed by atoms with Crippen molar-refractivity contribution in [1.29, 1.82) is 0 Å². The molecule has 110 valence electrons. The molecule has 1 saturated heterocycles. The predicted octanol–water partition coefficient (Wildman–Crippen LogP) is 2.47. The summed E-state index contributed by atoms with van der Waals surface area (Å²) in [4.78, 5) is 14.6. The average Bonchev–Trinajstić information content (AvgIpc) is 2.46. The van der Waals surface area contributed by atoms with Crippen LogP contribution in [0.4, 0.5) is 0 Å². The Kier molecular flexibility index (Phi) is 5.60. The third kappa shape index (κ3) is 4.34. The summed E-state index contributed by atoms with van der Waals surface area (Å²) in [5.41, 5.74) is 1.10. The minimum Gasteiger partial charge on any atom is -0.340 e. The quantitative estimate of drug-likeness (QED) is 0.894. The molecule has 0 bridgehead atoms. The molecule has 1 atom stereocenters. The first-order valence-electron chi connectivity index (χ1n) is 7.71. The van der Waals surface area contributed by atoms with E-state index in [1.807, 2.05) is 35.2 Å². The first-order valence-corrected chi connectivity index (χ1v) is 7.71. The Morgan fingerprint density at radius 3 is 2.70 bits per heavy atom. The second-order valence-corrected chi connectivity index (χ2v) is 6.01. The molecule has 0 aliphatic carbocycles. The molecule has 0 radical (unpaired) electrons. The molecule has 1 aliphatic heterocycles. The summed E-state index contributed by atoms with van der Waals surface area (Å²) in [7, 11) is 0.